The maximum atomic E-state index is 12.8. The minimum Gasteiger partial charge on any atom is -0.395 e. The molecular weight excluding hydrogens is 310 g/mol. The molecule has 2 aliphatic rings. The summed E-state index contributed by atoms with van der Waals surface area (Å²) in [5.41, 5.74) is -0.208. The Hall–Kier alpha value is -2.15. The highest BCUT2D eigenvalue weighted by atomic mass is 16.3. The lowest BCUT2D eigenvalue weighted by molar-refractivity contribution is -0.146. The van der Waals surface area contributed by atoms with E-state index in [0.717, 1.165) is 12.8 Å². The van der Waals surface area contributed by atoms with Gasteiger partial charge in [0.05, 0.1) is 17.6 Å². The summed E-state index contributed by atoms with van der Waals surface area (Å²) >= 11 is 0. The van der Waals surface area contributed by atoms with Crippen LogP contribution >= 0.6 is 0 Å². The number of aromatic nitrogens is 1. The Morgan fingerprint density at radius 3 is 2.75 bits per heavy atom. The number of piperidine rings is 1. The molecule has 1 aromatic heterocycles. The molecule has 2 fully saturated rings. The summed E-state index contributed by atoms with van der Waals surface area (Å²) in [4.78, 5) is 40.4. The minimum absolute atomic E-state index is 0.0392. The normalized spacial score (nSPS) is 24.0. The summed E-state index contributed by atoms with van der Waals surface area (Å²) < 4.78 is 1.38. The third-order valence-corrected chi connectivity index (χ3v) is 5.17. The summed E-state index contributed by atoms with van der Waals surface area (Å²) in [6.07, 6.45) is 3.88. The second kappa shape index (κ2) is 6.39. The SMILES string of the molecule is Cn1cc(C(=O)N2CC[C@]3(CCCN(CCO)C3=O)C2)ccc1=O. The Bertz CT molecular complexity index is 712. The Kier molecular flexibility index (Phi) is 4.45. The number of nitrogens with zero attached hydrogens (tertiary/aromatic N) is 3. The van der Waals surface area contributed by atoms with Crippen molar-refractivity contribution in [3.05, 3.63) is 34.2 Å². The van der Waals surface area contributed by atoms with E-state index in [4.69, 9.17) is 5.11 Å². The van der Waals surface area contributed by atoms with Crippen molar-refractivity contribution in [3.8, 4) is 0 Å². The Labute approximate surface area is 140 Å². The van der Waals surface area contributed by atoms with Crippen LogP contribution in [0.3, 0.4) is 0 Å². The topological polar surface area (TPSA) is 82.8 Å². The summed E-state index contributed by atoms with van der Waals surface area (Å²) in [5.74, 6) is -0.0897. The molecule has 1 spiro atoms. The van der Waals surface area contributed by atoms with Crippen molar-refractivity contribution in [3.63, 3.8) is 0 Å². The van der Waals surface area contributed by atoms with E-state index < -0.39 is 5.41 Å². The van der Waals surface area contributed by atoms with Crippen LogP contribution in [-0.4, -0.2) is 64.1 Å². The third-order valence-electron chi connectivity index (χ3n) is 5.17. The van der Waals surface area contributed by atoms with E-state index in [-0.39, 0.29) is 24.0 Å². The number of hydrogen-bond donors (Lipinski definition) is 1. The first-order chi connectivity index (χ1) is 11.5. The fourth-order valence-electron chi connectivity index (χ4n) is 3.81. The molecule has 0 unspecified atom stereocenters. The average molecular weight is 333 g/mol. The van der Waals surface area contributed by atoms with E-state index in [1.54, 1.807) is 16.8 Å². The average Bonchev–Trinajstić information content (AvgIpc) is 2.99. The molecule has 0 saturated carbocycles. The smallest absolute Gasteiger partial charge is 0.255 e. The molecule has 3 rings (SSSR count). The number of likely N-dealkylation sites (tertiary alicyclic amines) is 2. The van der Waals surface area contributed by atoms with Crippen LogP contribution < -0.4 is 5.56 Å². The van der Waals surface area contributed by atoms with Crippen molar-refractivity contribution in [2.45, 2.75) is 19.3 Å². The zero-order chi connectivity index (χ0) is 17.3. The van der Waals surface area contributed by atoms with Crippen LogP contribution in [0.25, 0.3) is 0 Å². The van der Waals surface area contributed by atoms with Crippen molar-refractivity contribution >= 4 is 11.8 Å². The first kappa shape index (κ1) is 16.7. The molecule has 3 heterocycles. The highest BCUT2D eigenvalue weighted by Gasteiger charge is 2.49. The molecule has 0 aromatic carbocycles. The van der Waals surface area contributed by atoms with Gasteiger partial charge in [0.15, 0.2) is 0 Å². The van der Waals surface area contributed by atoms with E-state index in [0.29, 0.717) is 38.2 Å². The van der Waals surface area contributed by atoms with Crippen molar-refractivity contribution in [2.24, 2.45) is 12.5 Å². The van der Waals surface area contributed by atoms with Gasteiger partial charge in [-0.2, -0.15) is 0 Å². The standard InChI is InChI=1S/C17H23N3O4/c1-18-11-13(3-4-14(18)22)15(23)20-8-6-17(12-20)5-2-7-19(9-10-21)16(17)24/h3-4,11,21H,2,5-10,12H2,1H3/t17-/m1/s1. The molecular formula is C17H23N3O4. The zero-order valence-corrected chi connectivity index (χ0v) is 13.9. The molecule has 1 N–H and O–H groups in total. The summed E-state index contributed by atoms with van der Waals surface area (Å²) in [6, 6.07) is 2.92. The molecule has 24 heavy (non-hydrogen) atoms. The van der Waals surface area contributed by atoms with Crippen LogP contribution in [0.2, 0.25) is 0 Å². The number of β-amino-alcohol motifs (C(OH)–C–C–N with tert-alkyl or cyclic N) is 1. The lowest BCUT2D eigenvalue weighted by Gasteiger charge is -2.39. The van der Waals surface area contributed by atoms with Crippen molar-refractivity contribution in [2.75, 3.05) is 32.8 Å². The summed E-state index contributed by atoms with van der Waals surface area (Å²) in [7, 11) is 1.61. The number of carbonyl (C=O) groups is 2. The highest BCUT2D eigenvalue weighted by molar-refractivity contribution is 5.95. The predicted octanol–water partition coefficient (Wildman–Crippen LogP) is -0.168. The largest absolute Gasteiger partial charge is 0.395 e. The molecule has 0 bridgehead atoms. The fourth-order valence-corrected chi connectivity index (χ4v) is 3.81. The van der Waals surface area contributed by atoms with Crippen molar-refractivity contribution in [1.82, 2.24) is 14.4 Å². The molecule has 7 nitrogen and oxygen atoms in total. The molecule has 0 radical (unpaired) electrons. The number of aryl methyl sites for hydroxylation is 1. The van der Waals surface area contributed by atoms with E-state index in [9.17, 15) is 14.4 Å². The van der Waals surface area contributed by atoms with Crippen LogP contribution in [0.1, 0.15) is 29.6 Å². The van der Waals surface area contributed by atoms with Gasteiger partial charge in [-0.05, 0) is 25.3 Å². The Morgan fingerprint density at radius 2 is 2.04 bits per heavy atom. The van der Waals surface area contributed by atoms with Crippen LogP contribution in [0.5, 0.6) is 0 Å². The molecule has 7 heteroatoms. The Balaban J connectivity index is 1.76. The van der Waals surface area contributed by atoms with Gasteiger partial charge in [0, 0.05) is 45.5 Å². The van der Waals surface area contributed by atoms with E-state index in [2.05, 4.69) is 0 Å². The monoisotopic (exact) mass is 333 g/mol. The molecule has 2 amide bonds. The number of pyridine rings is 1. The lowest BCUT2D eigenvalue weighted by Crippen LogP contribution is -2.51. The molecule has 2 saturated heterocycles. The second-order valence-corrected chi connectivity index (χ2v) is 6.74. The van der Waals surface area contributed by atoms with Gasteiger partial charge in [0.25, 0.3) is 5.91 Å². The van der Waals surface area contributed by atoms with Gasteiger partial charge >= 0.3 is 0 Å². The maximum Gasteiger partial charge on any atom is 0.255 e. The quantitative estimate of drug-likeness (QED) is 0.833. The molecule has 0 aliphatic carbocycles. The Morgan fingerprint density at radius 1 is 1.25 bits per heavy atom. The van der Waals surface area contributed by atoms with Crippen LogP contribution in [0.15, 0.2) is 23.1 Å². The van der Waals surface area contributed by atoms with Gasteiger partial charge in [-0.1, -0.05) is 0 Å². The molecule has 1 atom stereocenters. The molecule has 130 valence electrons. The highest BCUT2D eigenvalue weighted by Crippen LogP contribution is 2.40. The van der Waals surface area contributed by atoms with Gasteiger partial charge in [-0.15, -0.1) is 0 Å². The molecule has 2 aliphatic heterocycles. The number of carbonyl (C=O) groups excluding carboxylic acids is 2. The summed E-state index contributed by atoms with van der Waals surface area (Å²) in [6.45, 7) is 1.95. The van der Waals surface area contributed by atoms with Crippen molar-refractivity contribution in [1.29, 1.82) is 0 Å². The number of amides is 2. The van der Waals surface area contributed by atoms with Gasteiger partial charge in [0.1, 0.15) is 0 Å². The van der Waals surface area contributed by atoms with E-state index in [1.807, 2.05) is 0 Å². The number of aliphatic hydroxyl groups excluding tert-OH is 1. The predicted molar refractivity (Wildman–Crippen MR) is 87.5 cm³/mol. The second-order valence-electron chi connectivity index (χ2n) is 6.74. The molecule has 1 aromatic rings. The third kappa shape index (κ3) is 2.84. The lowest BCUT2D eigenvalue weighted by atomic mass is 9.78. The summed E-state index contributed by atoms with van der Waals surface area (Å²) in [5, 5.41) is 9.12. The number of rotatable bonds is 3. The van der Waals surface area contributed by atoms with Gasteiger partial charge in [-0.25, -0.2) is 0 Å². The first-order valence-electron chi connectivity index (χ1n) is 8.33. The fraction of sp³-hybridized carbons (Fsp3) is 0.588. The number of hydrogen-bond acceptors (Lipinski definition) is 4. The minimum atomic E-state index is -0.510. The maximum absolute atomic E-state index is 12.8. The van der Waals surface area contributed by atoms with E-state index >= 15 is 0 Å². The number of aliphatic hydroxyl groups is 1. The van der Waals surface area contributed by atoms with Crippen LogP contribution in [-0.2, 0) is 11.8 Å². The first-order valence-corrected chi connectivity index (χ1v) is 8.33. The van der Waals surface area contributed by atoms with Crippen LogP contribution in [0, 0.1) is 5.41 Å². The van der Waals surface area contributed by atoms with E-state index in [1.165, 1.54) is 22.9 Å². The van der Waals surface area contributed by atoms with Gasteiger partial charge < -0.3 is 19.5 Å². The van der Waals surface area contributed by atoms with Crippen LogP contribution in [0.4, 0.5) is 0 Å². The zero-order valence-electron chi connectivity index (χ0n) is 13.9. The van der Waals surface area contributed by atoms with Crippen molar-refractivity contribution < 1.29 is 14.7 Å². The van der Waals surface area contributed by atoms with Gasteiger partial charge in [0.2, 0.25) is 11.5 Å². The van der Waals surface area contributed by atoms with Gasteiger partial charge in [-0.3, -0.25) is 14.4 Å².